The van der Waals surface area contributed by atoms with Crippen LogP contribution in [0.2, 0.25) is 0 Å². The molecule has 5 heterocycles. The SMILES string of the molecule is C1CSOC(C2(N3CCNCC3)COC2(N2CCC2)N2CCCNCC2)C1. The number of hydrogen-bond donors (Lipinski definition) is 2. The van der Waals surface area contributed by atoms with Gasteiger partial charge in [0.05, 0.1) is 12.7 Å². The van der Waals surface area contributed by atoms with Gasteiger partial charge >= 0.3 is 0 Å². The van der Waals surface area contributed by atoms with Crippen LogP contribution in [0, 0.1) is 0 Å². The van der Waals surface area contributed by atoms with Gasteiger partial charge in [0, 0.05) is 64.7 Å². The first-order valence-corrected chi connectivity index (χ1v) is 11.9. The molecule has 5 fully saturated rings. The zero-order valence-corrected chi connectivity index (χ0v) is 17.3. The monoisotopic (exact) mass is 397 g/mol. The number of rotatable bonds is 4. The van der Waals surface area contributed by atoms with E-state index in [0.717, 1.165) is 84.2 Å². The van der Waals surface area contributed by atoms with Crippen LogP contribution in [0.4, 0.5) is 0 Å². The summed E-state index contributed by atoms with van der Waals surface area (Å²) < 4.78 is 13.2. The van der Waals surface area contributed by atoms with Crippen LogP contribution < -0.4 is 10.6 Å². The van der Waals surface area contributed by atoms with Gasteiger partial charge in [0.15, 0.2) is 0 Å². The molecule has 5 rings (SSSR count). The second kappa shape index (κ2) is 8.07. The first-order valence-electron chi connectivity index (χ1n) is 11.0. The Morgan fingerprint density at radius 2 is 1.48 bits per heavy atom. The van der Waals surface area contributed by atoms with Gasteiger partial charge in [-0.15, -0.1) is 0 Å². The lowest BCUT2D eigenvalue weighted by Crippen LogP contribution is -2.92. The number of hydrogen-bond acceptors (Lipinski definition) is 8. The lowest BCUT2D eigenvalue weighted by molar-refractivity contribution is -0.422. The van der Waals surface area contributed by atoms with Gasteiger partial charge in [-0.2, -0.15) is 0 Å². The van der Waals surface area contributed by atoms with E-state index in [9.17, 15) is 0 Å². The molecular formula is C19H35N5O2S. The van der Waals surface area contributed by atoms with Crippen molar-refractivity contribution in [2.24, 2.45) is 0 Å². The van der Waals surface area contributed by atoms with E-state index in [4.69, 9.17) is 8.92 Å². The summed E-state index contributed by atoms with van der Waals surface area (Å²) in [6.07, 6.45) is 5.13. The number of piperazine rings is 1. The Morgan fingerprint density at radius 3 is 2.11 bits per heavy atom. The van der Waals surface area contributed by atoms with Gasteiger partial charge in [-0.3, -0.25) is 14.7 Å². The normalized spacial score (nSPS) is 42.9. The largest absolute Gasteiger partial charge is 0.343 e. The summed E-state index contributed by atoms with van der Waals surface area (Å²) >= 11 is 1.68. The lowest BCUT2D eigenvalue weighted by Gasteiger charge is -2.72. The Morgan fingerprint density at radius 1 is 0.778 bits per heavy atom. The van der Waals surface area contributed by atoms with E-state index in [1.807, 2.05) is 0 Å². The second-order valence-corrected chi connectivity index (χ2v) is 9.37. The third-order valence-corrected chi connectivity index (χ3v) is 8.03. The summed E-state index contributed by atoms with van der Waals surface area (Å²) in [6, 6.07) is 0. The zero-order chi connectivity index (χ0) is 18.2. The predicted molar refractivity (Wildman–Crippen MR) is 108 cm³/mol. The number of nitrogens with zero attached hydrogens (tertiary/aromatic N) is 3. The van der Waals surface area contributed by atoms with Gasteiger partial charge in [-0.25, -0.2) is 0 Å². The average molecular weight is 398 g/mol. The zero-order valence-electron chi connectivity index (χ0n) is 16.5. The van der Waals surface area contributed by atoms with Gasteiger partial charge in [0.2, 0.25) is 5.85 Å². The maximum atomic E-state index is 6.71. The van der Waals surface area contributed by atoms with Crippen LogP contribution >= 0.6 is 12.0 Å². The van der Waals surface area contributed by atoms with E-state index in [0.29, 0.717) is 0 Å². The van der Waals surface area contributed by atoms with Crippen molar-refractivity contribution in [3.63, 3.8) is 0 Å². The molecule has 3 atom stereocenters. The van der Waals surface area contributed by atoms with Crippen molar-refractivity contribution in [2.45, 2.75) is 43.2 Å². The quantitative estimate of drug-likeness (QED) is 0.650. The van der Waals surface area contributed by atoms with Gasteiger partial charge in [-0.05, 0) is 44.3 Å². The van der Waals surface area contributed by atoms with E-state index in [1.165, 1.54) is 19.3 Å². The van der Waals surface area contributed by atoms with E-state index in [2.05, 4.69) is 25.3 Å². The molecule has 2 N–H and O–H groups in total. The summed E-state index contributed by atoms with van der Waals surface area (Å²) in [7, 11) is 0. The topological polar surface area (TPSA) is 52.2 Å². The van der Waals surface area contributed by atoms with Gasteiger partial charge < -0.3 is 19.6 Å². The summed E-state index contributed by atoms with van der Waals surface area (Å²) in [4.78, 5) is 8.03. The molecule has 0 radical (unpaired) electrons. The fraction of sp³-hybridized carbons (Fsp3) is 1.00. The van der Waals surface area contributed by atoms with Crippen LogP contribution in [-0.2, 0) is 8.92 Å². The Balaban J connectivity index is 1.54. The molecule has 154 valence electrons. The molecule has 0 aromatic heterocycles. The van der Waals surface area contributed by atoms with Gasteiger partial charge in [0.25, 0.3) is 0 Å². The molecule has 0 aromatic carbocycles. The molecule has 5 aliphatic rings. The highest BCUT2D eigenvalue weighted by molar-refractivity contribution is 7.94. The van der Waals surface area contributed by atoms with Crippen molar-refractivity contribution in [3.05, 3.63) is 0 Å². The van der Waals surface area contributed by atoms with Gasteiger partial charge in [0.1, 0.15) is 5.54 Å². The van der Waals surface area contributed by atoms with Crippen LogP contribution in [0.25, 0.3) is 0 Å². The van der Waals surface area contributed by atoms with E-state index in [1.54, 1.807) is 12.0 Å². The van der Waals surface area contributed by atoms with Crippen LogP contribution in [0.3, 0.4) is 0 Å². The molecule has 0 bridgehead atoms. The van der Waals surface area contributed by atoms with Crippen molar-refractivity contribution in [1.82, 2.24) is 25.3 Å². The minimum atomic E-state index is -0.308. The highest BCUT2D eigenvalue weighted by Crippen LogP contribution is 2.53. The molecule has 27 heavy (non-hydrogen) atoms. The van der Waals surface area contributed by atoms with Gasteiger partial charge in [-0.1, -0.05) is 0 Å². The molecule has 0 spiro atoms. The van der Waals surface area contributed by atoms with E-state index < -0.39 is 0 Å². The number of nitrogens with one attached hydrogen (secondary N) is 2. The number of likely N-dealkylation sites (tertiary alicyclic amines) is 1. The molecule has 3 unspecified atom stereocenters. The highest BCUT2D eigenvalue weighted by Gasteiger charge is 2.73. The summed E-state index contributed by atoms with van der Waals surface area (Å²) in [5.41, 5.74) is -0.0483. The molecule has 8 heteroatoms. The molecule has 0 saturated carbocycles. The average Bonchev–Trinajstić information content (AvgIpc) is 2.95. The Bertz CT molecular complexity index is 484. The maximum absolute atomic E-state index is 6.71. The van der Waals surface area contributed by atoms with Crippen molar-refractivity contribution in [3.8, 4) is 0 Å². The Labute approximate surface area is 167 Å². The van der Waals surface area contributed by atoms with Crippen LogP contribution in [0.5, 0.6) is 0 Å². The van der Waals surface area contributed by atoms with Crippen molar-refractivity contribution >= 4 is 12.0 Å². The summed E-state index contributed by atoms with van der Waals surface area (Å²) in [5, 5.41) is 7.13. The molecule has 5 aliphatic heterocycles. The highest BCUT2D eigenvalue weighted by atomic mass is 32.2. The molecule has 7 nitrogen and oxygen atoms in total. The first kappa shape index (κ1) is 19.1. The first-order chi connectivity index (χ1) is 13.4. The van der Waals surface area contributed by atoms with Crippen LogP contribution in [0.1, 0.15) is 25.7 Å². The van der Waals surface area contributed by atoms with Crippen molar-refractivity contribution < 1.29 is 8.92 Å². The maximum Gasteiger partial charge on any atom is 0.203 e. The van der Waals surface area contributed by atoms with E-state index >= 15 is 0 Å². The van der Waals surface area contributed by atoms with Crippen molar-refractivity contribution in [1.29, 1.82) is 0 Å². The molecule has 0 aromatic rings. The smallest absolute Gasteiger partial charge is 0.203 e. The minimum absolute atomic E-state index is 0.0483. The minimum Gasteiger partial charge on any atom is -0.343 e. The third kappa shape index (κ3) is 2.99. The van der Waals surface area contributed by atoms with Crippen LogP contribution in [0.15, 0.2) is 0 Å². The Kier molecular flexibility index (Phi) is 5.69. The third-order valence-electron chi connectivity index (χ3n) is 7.20. The number of ether oxygens (including phenoxy) is 1. The van der Waals surface area contributed by atoms with E-state index in [-0.39, 0.29) is 17.5 Å². The molecule has 5 saturated heterocycles. The second-order valence-electron chi connectivity index (χ2n) is 8.54. The molecule has 0 amide bonds. The van der Waals surface area contributed by atoms with Crippen LogP contribution in [-0.4, -0.2) is 110 Å². The molecular weight excluding hydrogens is 362 g/mol. The Hall–Kier alpha value is 0.0700. The fourth-order valence-corrected chi connectivity index (χ4v) is 6.54. The summed E-state index contributed by atoms with van der Waals surface area (Å²) in [6.45, 7) is 11.8. The molecule has 0 aliphatic carbocycles. The summed E-state index contributed by atoms with van der Waals surface area (Å²) in [5.74, 6) is 0.816. The standard InChI is InChI=1S/C19H35N5O2S/c1-4-17(26-27-15-1)18(22-12-6-21-7-13-22)16-25-19(18,23-10-3-11-23)24-9-2-5-20-8-14-24/h17,20-21H,1-16H2. The van der Waals surface area contributed by atoms with Crippen molar-refractivity contribution in [2.75, 3.05) is 77.8 Å². The predicted octanol–water partition coefficient (Wildman–Crippen LogP) is 0.143. The lowest BCUT2D eigenvalue weighted by atomic mass is 9.74. The fourth-order valence-electron chi connectivity index (χ4n) is 5.74.